The topological polar surface area (TPSA) is 72.2 Å². The van der Waals surface area contributed by atoms with Gasteiger partial charge in [-0.2, -0.15) is 5.10 Å². The van der Waals surface area contributed by atoms with Gasteiger partial charge in [-0.05, 0) is 12.0 Å². The molecule has 5 heteroatoms. The van der Waals surface area contributed by atoms with Gasteiger partial charge < -0.3 is 5.11 Å². The highest BCUT2D eigenvalue weighted by molar-refractivity contribution is 6.39. The minimum Gasteiger partial charge on any atom is -0.475 e. The number of Topliss-reactive ketones (excluding diaryl/α,β-unsaturated/α-hetero) is 1. The molecule has 0 saturated carbocycles. The van der Waals surface area contributed by atoms with E-state index in [0.29, 0.717) is 12.5 Å². The van der Waals surface area contributed by atoms with Gasteiger partial charge >= 0.3 is 5.97 Å². The first kappa shape index (κ1) is 10.4. The van der Waals surface area contributed by atoms with E-state index >= 15 is 0 Å². The van der Waals surface area contributed by atoms with Crippen molar-refractivity contribution in [2.45, 2.75) is 20.4 Å². The number of aliphatic carboxylic acids is 1. The van der Waals surface area contributed by atoms with Crippen LogP contribution in [0.5, 0.6) is 0 Å². The zero-order chi connectivity index (χ0) is 10.7. The number of nitrogens with zero attached hydrogens (tertiary/aromatic N) is 2. The Labute approximate surface area is 81.3 Å². The molecule has 0 spiro atoms. The van der Waals surface area contributed by atoms with Gasteiger partial charge in [-0.15, -0.1) is 0 Å². The molecule has 5 nitrogen and oxygen atoms in total. The fourth-order valence-electron chi connectivity index (χ4n) is 1.13. The summed E-state index contributed by atoms with van der Waals surface area (Å²) in [6.07, 6.45) is 1.43. The Morgan fingerprint density at radius 2 is 2.21 bits per heavy atom. The minimum absolute atomic E-state index is 0.131. The van der Waals surface area contributed by atoms with Crippen LogP contribution >= 0.6 is 0 Å². The van der Waals surface area contributed by atoms with Crippen molar-refractivity contribution in [3.8, 4) is 0 Å². The third-order valence-electron chi connectivity index (χ3n) is 1.68. The minimum atomic E-state index is -1.45. The van der Waals surface area contributed by atoms with Crippen LogP contribution < -0.4 is 0 Å². The number of rotatable bonds is 4. The molecule has 0 unspecified atom stereocenters. The van der Waals surface area contributed by atoms with E-state index in [-0.39, 0.29) is 5.69 Å². The van der Waals surface area contributed by atoms with Crippen LogP contribution in [0, 0.1) is 5.92 Å². The van der Waals surface area contributed by atoms with Crippen LogP contribution in [0.1, 0.15) is 24.3 Å². The van der Waals surface area contributed by atoms with Crippen molar-refractivity contribution < 1.29 is 14.7 Å². The second kappa shape index (κ2) is 4.04. The van der Waals surface area contributed by atoms with E-state index in [9.17, 15) is 9.59 Å². The van der Waals surface area contributed by atoms with Gasteiger partial charge in [0.15, 0.2) is 0 Å². The quantitative estimate of drug-likeness (QED) is 0.571. The van der Waals surface area contributed by atoms with Crippen molar-refractivity contribution in [2.75, 3.05) is 0 Å². The van der Waals surface area contributed by atoms with E-state index in [2.05, 4.69) is 5.10 Å². The Morgan fingerprint density at radius 3 is 2.71 bits per heavy atom. The van der Waals surface area contributed by atoms with Crippen molar-refractivity contribution in [2.24, 2.45) is 5.92 Å². The van der Waals surface area contributed by atoms with Crippen LogP contribution in [0.15, 0.2) is 12.3 Å². The number of carbonyl (C=O) groups is 2. The van der Waals surface area contributed by atoms with Crippen molar-refractivity contribution >= 4 is 11.8 Å². The number of carboxylic acids is 1. The molecular formula is C9H12N2O3. The molecule has 14 heavy (non-hydrogen) atoms. The van der Waals surface area contributed by atoms with E-state index in [1.165, 1.54) is 16.9 Å². The van der Waals surface area contributed by atoms with E-state index < -0.39 is 11.8 Å². The van der Waals surface area contributed by atoms with E-state index in [0.717, 1.165) is 0 Å². The molecule has 1 aromatic heterocycles. The maximum absolute atomic E-state index is 11.1. The van der Waals surface area contributed by atoms with Gasteiger partial charge in [0.1, 0.15) is 5.69 Å². The Balaban J connectivity index is 2.92. The van der Waals surface area contributed by atoms with E-state index in [1.807, 2.05) is 13.8 Å². The lowest BCUT2D eigenvalue weighted by Crippen LogP contribution is -2.19. The summed E-state index contributed by atoms with van der Waals surface area (Å²) in [5.74, 6) is -2.05. The summed E-state index contributed by atoms with van der Waals surface area (Å²) in [5.41, 5.74) is 0.131. The summed E-state index contributed by atoms with van der Waals surface area (Å²) in [6.45, 7) is 4.48. The van der Waals surface area contributed by atoms with Gasteiger partial charge in [0, 0.05) is 12.7 Å². The fraction of sp³-hybridized carbons (Fsp3) is 0.444. The zero-order valence-corrected chi connectivity index (χ0v) is 8.10. The van der Waals surface area contributed by atoms with Crippen molar-refractivity contribution in [3.63, 3.8) is 0 Å². The summed E-state index contributed by atoms with van der Waals surface area (Å²) < 4.78 is 1.42. The molecule has 0 radical (unpaired) electrons. The summed E-state index contributed by atoms with van der Waals surface area (Å²) in [7, 11) is 0. The molecule has 0 fully saturated rings. The SMILES string of the molecule is CC(C)Cn1nccc1C(=O)C(=O)O. The second-order valence-corrected chi connectivity index (χ2v) is 3.43. The third kappa shape index (κ3) is 2.18. The highest BCUT2D eigenvalue weighted by atomic mass is 16.4. The predicted octanol–water partition coefficient (Wildman–Crippen LogP) is 0.806. The van der Waals surface area contributed by atoms with E-state index in [1.54, 1.807) is 0 Å². The molecule has 0 aliphatic heterocycles. The summed E-state index contributed by atoms with van der Waals surface area (Å²) in [4.78, 5) is 21.6. The maximum atomic E-state index is 11.1. The zero-order valence-electron chi connectivity index (χ0n) is 8.10. The summed E-state index contributed by atoms with van der Waals surface area (Å²) >= 11 is 0. The van der Waals surface area contributed by atoms with Crippen molar-refractivity contribution in [3.05, 3.63) is 18.0 Å². The molecule has 0 saturated heterocycles. The van der Waals surface area contributed by atoms with Crippen LogP contribution in [0.25, 0.3) is 0 Å². The summed E-state index contributed by atoms with van der Waals surface area (Å²) in [6, 6.07) is 1.42. The molecule has 0 aromatic carbocycles. The highest BCUT2D eigenvalue weighted by Gasteiger charge is 2.19. The number of carbonyl (C=O) groups excluding carboxylic acids is 1. The number of ketones is 1. The lowest BCUT2D eigenvalue weighted by molar-refractivity contribution is -0.131. The van der Waals surface area contributed by atoms with E-state index in [4.69, 9.17) is 5.11 Å². The van der Waals surface area contributed by atoms with Gasteiger partial charge in [-0.1, -0.05) is 13.8 Å². The smallest absolute Gasteiger partial charge is 0.378 e. The number of hydrogen-bond donors (Lipinski definition) is 1. The molecule has 0 aliphatic carbocycles. The number of aromatic nitrogens is 2. The van der Waals surface area contributed by atoms with Gasteiger partial charge in [0.05, 0.1) is 0 Å². The molecule has 0 bridgehead atoms. The average Bonchev–Trinajstić information content (AvgIpc) is 2.49. The van der Waals surface area contributed by atoms with Crippen molar-refractivity contribution in [1.82, 2.24) is 9.78 Å². The first-order valence-electron chi connectivity index (χ1n) is 4.31. The Kier molecular flexibility index (Phi) is 3.01. The normalized spacial score (nSPS) is 10.5. The first-order chi connectivity index (χ1) is 6.52. The Bertz CT molecular complexity index is 355. The molecular weight excluding hydrogens is 184 g/mol. The van der Waals surface area contributed by atoms with Crippen LogP contribution in [0.3, 0.4) is 0 Å². The molecule has 1 N–H and O–H groups in total. The molecule has 0 amide bonds. The van der Waals surface area contributed by atoms with Crippen LogP contribution in [0.4, 0.5) is 0 Å². The maximum Gasteiger partial charge on any atom is 0.378 e. The predicted molar refractivity (Wildman–Crippen MR) is 49.0 cm³/mol. The van der Waals surface area contributed by atoms with Crippen LogP contribution in [-0.2, 0) is 11.3 Å². The number of hydrogen-bond acceptors (Lipinski definition) is 3. The standard InChI is InChI=1S/C9H12N2O3/c1-6(2)5-11-7(3-4-10-11)8(12)9(13)14/h3-4,6H,5H2,1-2H3,(H,13,14). The average molecular weight is 196 g/mol. The first-order valence-corrected chi connectivity index (χ1v) is 4.31. The van der Waals surface area contributed by atoms with Crippen LogP contribution in [0.2, 0.25) is 0 Å². The third-order valence-corrected chi connectivity index (χ3v) is 1.68. The molecule has 0 aliphatic rings. The van der Waals surface area contributed by atoms with Gasteiger partial charge in [-0.3, -0.25) is 9.48 Å². The second-order valence-electron chi connectivity index (χ2n) is 3.43. The molecule has 0 atom stereocenters. The molecule has 1 aromatic rings. The molecule has 1 rings (SSSR count). The largest absolute Gasteiger partial charge is 0.475 e. The van der Waals surface area contributed by atoms with Gasteiger partial charge in [0.2, 0.25) is 0 Å². The van der Waals surface area contributed by atoms with Gasteiger partial charge in [0.25, 0.3) is 5.78 Å². The highest BCUT2D eigenvalue weighted by Crippen LogP contribution is 2.04. The lowest BCUT2D eigenvalue weighted by Gasteiger charge is -2.07. The van der Waals surface area contributed by atoms with Crippen LogP contribution in [-0.4, -0.2) is 26.6 Å². The molecule has 76 valence electrons. The number of carboxylic acid groups (broad SMARTS) is 1. The molecule has 1 heterocycles. The monoisotopic (exact) mass is 196 g/mol. The lowest BCUT2D eigenvalue weighted by atomic mass is 10.2. The fourth-order valence-corrected chi connectivity index (χ4v) is 1.13. The Hall–Kier alpha value is -1.65. The van der Waals surface area contributed by atoms with Crippen molar-refractivity contribution in [1.29, 1.82) is 0 Å². The summed E-state index contributed by atoms with van der Waals surface area (Å²) in [5, 5.41) is 12.4. The Morgan fingerprint density at radius 1 is 1.57 bits per heavy atom. The van der Waals surface area contributed by atoms with Gasteiger partial charge in [-0.25, -0.2) is 4.79 Å².